The van der Waals surface area contributed by atoms with E-state index in [0.29, 0.717) is 6.61 Å². The van der Waals surface area contributed by atoms with E-state index in [0.717, 1.165) is 63.4 Å². The molecule has 4 heteroatoms. The van der Waals surface area contributed by atoms with Crippen LogP contribution in [0.15, 0.2) is 157 Å². The van der Waals surface area contributed by atoms with E-state index in [1.807, 2.05) is 17.4 Å². The Morgan fingerprint density at radius 3 is 2.17 bits per heavy atom. The molecule has 2 aromatic heterocycles. The number of nitrogens with zero attached hydrogens (tertiary/aromatic N) is 2. The van der Waals surface area contributed by atoms with Crippen LogP contribution in [0.1, 0.15) is 29.7 Å². The van der Waals surface area contributed by atoms with Gasteiger partial charge in [-0.3, -0.25) is 0 Å². The van der Waals surface area contributed by atoms with Crippen LogP contribution in [0.25, 0.3) is 86.6 Å². The Morgan fingerprint density at radius 2 is 1.26 bits per heavy atom. The number of ether oxygens (including phenoxy) is 1. The molecule has 0 atom stereocenters. The van der Waals surface area contributed by atoms with Gasteiger partial charge in [0.2, 0.25) is 0 Å². The third kappa shape index (κ3) is 4.87. The van der Waals surface area contributed by atoms with Gasteiger partial charge in [-0.2, -0.15) is 0 Å². The molecule has 2 aliphatic rings. The van der Waals surface area contributed by atoms with Gasteiger partial charge < -0.3 is 4.74 Å². The van der Waals surface area contributed by atoms with Crippen molar-refractivity contribution in [2.45, 2.75) is 19.8 Å². The van der Waals surface area contributed by atoms with Crippen molar-refractivity contribution in [3.63, 3.8) is 0 Å². The van der Waals surface area contributed by atoms with Crippen molar-refractivity contribution < 1.29 is 4.74 Å². The summed E-state index contributed by atoms with van der Waals surface area (Å²) < 4.78 is 8.69. The monoisotopic (exact) mass is 710 g/mol. The van der Waals surface area contributed by atoms with E-state index >= 15 is 0 Å². The lowest BCUT2D eigenvalue weighted by Gasteiger charge is -2.27. The molecule has 54 heavy (non-hydrogen) atoms. The summed E-state index contributed by atoms with van der Waals surface area (Å²) in [5.74, 6) is 1.71. The summed E-state index contributed by atoms with van der Waals surface area (Å²) in [4.78, 5) is 11.0. The normalized spacial score (nSPS) is 14.0. The van der Waals surface area contributed by atoms with Crippen molar-refractivity contribution in [1.29, 1.82) is 0 Å². The minimum Gasteiger partial charge on any atom is -0.489 e. The SMILES string of the molecule is Cc1c(C2=CC3=C(CC2)COc2ccccc23)nc(-c2cc3sc4c(-c5cccc6ccccc56)cccc4c3c3ccccc23)nc1-c1ccccc1. The number of rotatable bonds is 4. The van der Waals surface area contributed by atoms with Crippen molar-refractivity contribution in [2.24, 2.45) is 0 Å². The molecule has 0 radical (unpaired) electrons. The van der Waals surface area contributed by atoms with Crippen LogP contribution in [0.5, 0.6) is 5.75 Å². The maximum absolute atomic E-state index is 6.15. The number of aromatic nitrogens is 2. The van der Waals surface area contributed by atoms with Crippen LogP contribution in [-0.2, 0) is 0 Å². The molecule has 3 nitrogen and oxygen atoms in total. The zero-order valence-corrected chi connectivity index (χ0v) is 30.6. The summed E-state index contributed by atoms with van der Waals surface area (Å²) in [5, 5.41) is 7.49. The summed E-state index contributed by atoms with van der Waals surface area (Å²) in [7, 11) is 0. The van der Waals surface area contributed by atoms with Gasteiger partial charge in [0.05, 0.1) is 11.4 Å². The number of allylic oxidation sites excluding steroid dienone is 3. The van der Waals surface area contributed by atoms with Gasteiger partial charge in [-0.1, -0.05) is 133 Å². The molecule has 0 N–H and O–H groups in total. The number of fused-ring (bicyclic) bond motifs is 8. The van der Waals surface area contributed by atoms with Gasteiger partial charge in [0, 0.05) is 48.0 Å². The number of benzene rings is 7. The fourth-order valence-corrected chi connectivity index (χ4v) is 9.99. The number of thiophene rings is 1. The van der Waals surface area contributed by atoms with Crippen LogP contribution >= 0.6 is 11.3 Å². The second-order valence-corrected chi connectivity index (χ2v) is 15.4. The molecule has 0 saturated heterocycles. The van der Waals surface area contributed by atoms with Crippen LogP contribution in [0.2, 0.25) is 0 Å². The van der Waals surface area contributed by atoms with Crippen molar-refractivity contribution in [3.8, 4) is 39.5 Å². The van der Waals surface area contributed by atoms with Crippen molar-refractivity contribution in [2.75, 3.05) is 6.61 Å². The summed E-state index contributed by atoms with van der Waals surface area (Å²) in [6, 6.07) is 52.2. The molecular formula is C50H34N2OS. The molecule has 256 valence electrons. The van der Waals surface area contributed by atoms with E-state index in [-0.39, 0.29) is 0 Å². The molecule has 0 spiro atoms. The highest BCUT2D eigenvalue weighted by Gasteiger charge is 2.26. The summed E-state index contributed by atoms with van der Waals surface area (Å²) >= 11 is 1.87. The molecule has 1 aliphatic heterocycles. The maximum Gasteiger partial charge on any atom is 0.161 e. The summed E-state index contributed by atoms with van der Waals surface area (Å²) in [6.45, 7) is 2.83. The predicted molar refractivity (Wildman–Crippen MR) is 227 cm³/mol. The van der Waals surface area contributed by atoms with E-state index in [2.05, 4.69) is 153 Å². The molecular weight excluding hydrogens is 677 g/mol. The smallest absolute Gasteiger partial charge is 0.161 e. The third-order valence-electron chi connectivity index (χ3n) is 11.3. The van der Waals surface area contributed by atoms with E-state index in [1.165, 1.54) is 64.2 Å². The molecule has 7 aromatic carbocycles. The Labute approximate surface area is 317 Å². The van der Waals surface area contributed by atoms with E-state index in [1.54, 1.807) is 0 Å². The molecule has 11 rings (SSSR count). The van der Waals surface area contributed by atoms with Crippen molar-refractivity contribution >= 4 is 64.2 Å². The van der Waals surface area contributed by atoms with Crippen LogP contribution in [-0.4, -0.2) is 16.6 Å². The average molecular weight is 711 g/mol. The fourth-order valence-electron chi connectivity index (χ4n) is 8.70. The second kappa shape index (κ2) is 12.4. The van der Waals surface area contributed by atoms with Gasteiger partial charge in [-0.25, -0.2) is 9.97 Å². The van der Waals surface area contributed by atoms with Gasteiger partial charge in [0.25, 0.3) is 0 Å². The second-order valence-electron chi connectivity index (χ2n) is 14.4. The quantitative estimate of drug-likeness (QED) is 0.182. The Hall–Kier alpha value is -6.36. The highest BCUT2D eigenvalue weighted by Crippen LogP contribution is 2.47. The van der Waals surface area contributed by atoms with Gasteiger partial charge in [-0.15, -0.1) is 11.3 Å². The topological polar surface area (TPSA) is 35.0 Å². The number of para-hydroxylation sites is 1. The zero-order chi connectivity index (χ0) is 35.8. The Bertz CT molecular complexity index is 3060. The first-order valence-corrected chi connectivity index (χ1v) is 19.5. The number of hydrogen-bond donors (Lipinski definition) is 0. The predicted octanol–water partition coefficient (Wildman–Crippen LogP) is 13.5. The third-order valence-corrected chi connectivity index (χ3v) is 12.5. The van der Waals surface area contributed by atoms with Gasteiger partial charge in [-0.05, 0) is 81.8 Å². The molecule has 1 aliphatic carbocycles. The van der Waals surface area contributed by atoms with Gasteiger partial charge in [0.15, 0.2) is 5.82 Å². The summed E-state index contributed by atoms with van der Waals surface area (Å²) in [6.07, 6.45) is 4.23. The first-order chi connectivity index (χ1) is 26.7. The van der Waals surface area contributed by atoms with Crippen molar-refractivity contribution in [3.05, 3.63) is 174 Å². The average Bonchev–Trinajstić information content (AvgIpc) is 3.63. The lowest BCUT2D eigenvalue weighted by Crippen LogP contribution is -2.14. The molecule has 3 heterocycles. The number of hydrogen-bond acceptors (Lipinski definition) is 4. The van der Waals surface area contributed by atoms with Crippen LogP contribution in [0.4, 0.5) is 0 Å². The largest absolute Gasteiger partial charge is 0.489 e. The van der Waals surface area contributed by atoms with Crippen LogP contribution in [0.3, 0.4) is 0 Å². The zero-order valence-electron chi connectivity index (χ0n) is 29.8. The molecule has 0 saturated carbocycles. The molecule has 0 fully saturated rings. The molecule has 0 amide bonds. The van der Waals surface area contributed by atoms with E-state index in [9.17, 15) is 0 Å². The minimum absolute atomic E-state index is 0.642. The lowest BCUT2D eigenvalue weighted by atomic mass is 9.84. The molecule has 0 unspecified atom stereocenters. The Morgan fingerprint density at radius 1 is 0.574 bits per heavy atom. The Kier molecular flexibility index (Phi) is 7.14. The van der Waals surface area contributed by atoms with Crippen molar-refractivity contribution in [1.82, 2.24) is 9.97 Å². The van der Waals surface area contributed by atoms with E-state index < -0.39 is 0 Å². The van der Waals surface area contributed by atoms with Gasteiger partial charge >= 0.3 is 0 Å². The minimum atomic E-state index is 0.642. The fraction of sp³-hybridized carbons (Fsp3) is 0.0800. The highest BCUT2D eigenvalue weighted by molar-refractivity contribution is 7.26. The summed E-state index contributed by atoms with van der Waals surface area (Å²) in [5.41, 5.74) is 12.8. The maximum atomic E-state index is 6.15. The van der Waals surface area contributed by atoms with Gasteiger partial charge in [0.1, 0.15) is 12.4 Å². The van der Waals surface area contributed by atoms with E-state index in [4.69, 9.17) is 14.7 Å². The Balaban J connectivity index is 1.16. The van der Waals surface area contributed by atoms with Crippen LogP contribution in [0, 0.1) is 6.92 Å². The molecule has 0 bridgehead atoms. The van der Waals surface area contributed by atoms with Crippen LogP contribution < -0.4 is 4.74 Å². The highest BCUT2D eigenvalue weighted by atomic mass is 32.1. The standard InChI is InChI=1S/C50H34N2OS/c1-30-47(32-14-3-2-4-15-32)51-50(52-48(30)33-25-26-34-29-53-44-24-10-9-19-38(44)42(34)27-33)43-28-45-46(39-20-8-7-18-37(39)43)41-23-12-22-40(49(41)54-45)36-21-11-16-31-13-5-6-17-35(31)36/h2-24,27-28H,25-26,29H2,1H3. The first kappa shape index (κ1) is 31.2. The lowest BCUT2D eigenvalue weighted by molar-refractivity contribution is 0.341. The molecule has 9 aromatic rings. The first-order valence-electron chi connectivity index (χ1n) is 18.6.